The zero-order chi connectivity index (χ0) is 12.6. The molecule has 18 heavy (non-hydrogen) atoms. The molecule has 2 N–H and O–H groups in total. The minimum absolute atomic E-state index is 0.686. The number of allylic oxidation sites excluding steroid dienone is 1. The van der Waals surface area contributed by atoms with Gasteiger partial charge in [-0.1, -0.05) is 60.4 Å². The van der Waals surface area contributed by atoms with Gasteiger partial charge in [0.25, 0.3) is 0 Å². The molecule has 1 heteroatoms. The maximum Gasteiger partial charge on any atom is 0.0364 e. The average molecular weight is 233 g/mol. The van der Waals surface area contributed by atoms with Gasteiger partial charge in [-0.05, 0) is 29.3 Å². The lowest BCUT2D eigenvalue weighted by Gasteiger charge is -1.98. The van der Waals surface area contributed by atoms with E-state index in [0.717, 1.165) is 16.8 Å². The number of nitrogen functional groups attached to an aromatic ring is 1. The van der Waals surface area contributed by atoms with E-state index in [1.54, 1.807) is 0 Å². The quantitative estimate of drug-likeness (QED) is 0.623. The summed E-state index contributed by atoms with van der Waals surface area (Å²) in [5, 5.41) is 0. The van der Waals surface area contributed by atoms with E-state index in [2.05, 4.69) is 11.8 Å². The molecule has 0 fully saturated rings. The second kappa shape index (κ2) is 6.32. The lowest BCUT2D eigenvalue weighted by molar-refractivity contribution is 1.32. The highest BCUT2D eigenvalue weighted by Gasteiger charge is 1.92. The molecule has 0 atom stereocenters. The maximum atomic E-state index is 5.84. The average Bonchev–Trinajstić information content (AvgIpc) is 2.42. The number of hydrogen-bond donors (Lipinski definition) is 1. The molecule has 2 aromatic rings. The molecule has 0 aliphatic carbocycles. The smallest absolute Gasteiger partial charge is 0.0364 e. The minimum Gasteiger partial charge on any atom is -0.398 e. The van der Waals surface area contributed by atoms with Gasteiger partial charge in [-0.15, -0.1) is 0 Å². The first-order valence-electron chi connectivity index (χ1n) is 5.89. The molecule has 0 radical (unpaired) electrons. The molecule has 0 saturated carbocycles. The van der Waals surface area contributed by atoms with Gasteiger partial charge >= 0.3 is 0 Å². The van der Waals surface area contributed by atoms with Crippen molar-refractivity contribution in [1.29, 1.82) is 0 Å². The Morgan fingerprint density at radius 2 is 1.67 bits per heavy atom. The highest BCUT2D eigenvalue weighted by atomic mass is 14.5. The SMILES string of the molecule is Nc1ccccc1CC#C/C=C/c1ccccc1. The van der Waals surface area contributed by atoms with E-state index in [4.69, 9.17) is 5.73 Å². The zero-order valence-electron chi connectivity index (χ0n) is 10.1. The summed E-state index contributed by atoms with van der Waals surface area (Å²) in [5.74, 6) is 6.12. The number of hydrogen-bond acceptors (Lipinski definition) is 1. The summed E-state index contributed by atoms with van der Waals surface area (Å²) in [7, 11) is 0. The van der Waals surface area contributed by atoms with Crippen molar-refractivity contribution in [2.75, 3.05) is 5.73 Å². The van der Waals surface area contributed by atoms with Crippen LogP contribution < -0.4 is 5.73 Å². The van der Waals surface area contributed by atoms with E-state index in [1.807, 2.05) is 66.7 Å². The van der Waals surface area contributed by atoms with Crippen molar-refractivity contribution in [1.82, 2.24) is 0 Å². The van der Waals surface area contributed by atoms with Gasteiger partial charge in [-0.3, -0.25) is 0 Å². The second-order valence-electron chi connectivity index (χ2n) is 3.94. The van der Waals surface area contributed by atoms with Crippen LogP contribution in [0.3, 0.4) is 0 Å². The van der Waals surface area contributed by atoms with Crippen LogP contribution in [0.4, 0.5) is 5.69 Å². The molecule has 0 bridgehead atoms. The normalized spacial score (nSPS) is 10.0. The highest BCUT2D eigenvalue weighted by Crippen LogP contribution is 2.10. The van der Waals surface area contributed by atoms with Crippen LogP contribution in [0.5, 0.6) is 0 Å². The van der Waals surface area contributed by atoms with E-state index in [9.17, 15) is 0 Å². The minimum atomic E-state index is 0.686. The molecule has 0 aliphatic heterocycles. The van der Waals surface area contributed by atoms with Crippen molar-refractivity contribution in [2.24, 2.45) is 0 Å². The first-order valence-corrected chi connectivity index (χ1v) is 5.89. The van der Waals surface area contributed by atoms with Crippen LogP contribution in [0.2, 0.25) is 0 Å². The lowest BCUT2D eigenvalue weighted by Crippen LogP contribution is -1.91. The Morgan fingerprint density at radius 1 is 0.944 bits per heavy atom. The predicted molar refractivity (Wildman–Crippen MR) is 77.8 cm³/mol. The van der Waals surface area contributed by atoms with Crippen molar-refractivity contribution < 1.29 is 0 Å². The summed E-state index contributed by atoms with van der Waals surface area (Å²) in [4.78, 5) is 0. The topological polar surface area (TPSA) is 26.0 Å². The van der Waals surface area contributed by atoms with E-state index >= 15 is 0 Å². The van der Waals surface area contributed by atoms with E-state index in [0.29, 0.717) is 6.42 Å². The Bertz CT molecular complexity index is 586. The van der Waals surface area contributed by atoms with Crippen molar-refractivity contribution in [3.63, 3.8) is 0 Å². The van der Waals surface area contributed by atoms with Crippen molar-refractivity contribution in [3.8, 4) is 11.8 Å². The van der Waals surface area contributed by atoms with Gasteiger partial charge in [0.2, 0.25) is 0 Å². The van der Waals surface area contributed by atoms with Gasteiger partial charge in [-0.2, -0.15) is 0 Å². The van der Waals surface area contributed by atoms with E-state index < -0.39 is 0 Å². The Balaban J connectivity index is 1.94. The Kier molecular flexibility index (Phi) is 4.22. The number of rotatable bonds is 2. The molecular formula is C17H15N. The predicted octanol–water partition coefficient (Wildman–Crippen LogP) is 3.53. The molecule has 0 unspecified atom stereocenters. The van der Waals surface area contributed by atoms with Crippen LogP contribution in [0.25, 0.3) is 6.08 Å². The third-order valence-electron chi connectivity index (χ3n) is 2.59. The van der Waals surface area contributed by atoms with Gasteiger partial charge in [0.05, 0.1) is 0 Å². The molecular weight excluding hydrogens is 218 g/mol. The summed E-state index contributed by atoms with van der Waals surface area (Å²) in [6, 6.07) is 17.9. The fourth-order valence-corrected chi connectivity index (χ4v) is 1.60. The Morgan fingerprint density at radius 3 is 2.44 bits per heavy atom. The van der Waals surface area contributed by atoms with Crippen LogP contribution in [0.1, 0.15) is 11.1 Å². The Labute approximate surface area is 108 Å². The number of nitrogens with two attached hydrogens (primary N) is 1. The lowest BCUT2D eigenvalue weighted by atomic mass is 10.1. The highest BCUT2D eigenvalue weighted by molar-refractivity contribution is 5.53. The summed E-state index contributed by atoms with van der Waals surface area (Å²) < 4.78 is 0. The molecule has 0 spiro atoms. The van der Waals surface area contributed by atoms with Gasteiger partial charge in [0.15, 0.2) is 0 Å². The molecule has 0 amide bonds. The maximum absolute atomic E-state index is 5.84. The van der Waals surface area contributed by atoms with Crippen molar-refractivity contribution in [2.45, 2.75) is 6.42 Å². The molecule has 1 nitrogen and oxygen atoms in total. The molecule has 0 aliphatic rings. The van der Waals surface area contributed by atoms with Crippen LogP contribution >= 0.6 is 0 Å². The van der Waals surface area contributed by atoms with Gasteiger partial charge in [0, 0.05) is 12.1 Å². The van der Waals surface area contributed by atoms with Crippen LogP contribution in [-0.2, 0) is 6.42 Å². The van der Waals surface area contributed by atoms with Gasteiger partial charge in [-0.25, -0.2) is 0 Å². The van der Waals surface area contributed by atoms with Crippen molar-refractivity contribution >= 4 is 11.8 Å². The summed E-state index contributed by atoms with van der Waals surface area (Å²) in [6.45, 7) is 0. The third kappa shape index (κ3) is 3.54. The fraction of sp³-hybridized carbons (Fsp3) is 0.0588. The molecule has 0 aromatic heterocycles. The number of benzene rings is 2. The second-order valence-corrected chi connectivity index (χ2v) is 3.94. The summed E-state index contributed by atoms with van der Waals surface area (Å²) in [6.07, 6.45) is 4.56. The van der Waals surface area contributed by atoms with Gasteiger partial charge in [0.1, 0.15) is 0 Å². The van der Waals surface area contributed by atoms with E-state index in [-0.39, 0.29) is 0 Å². The number of anilines is 1. The third-order valence-corrected chi connectivity index (χ3v) is 2.59. The van der Waals surface area contributed by atoms with Gasteiger partial charge < -0.3 is 5.73 Å². The van der Waals surface area contributed by atoms with Crippen LogP contribution in [0.15, 0.2) is 60.7 Å². The molecule has 2 aromatic carbocycles. The standard InChI is InChI=1S/C17H15N/c18-17-14-8-7-13-16(17)12-6-2-5-11-15-9-3-1-4-10-15/h1,3-5,7-11,13-14H,12,18H2/b11-5+. The summed E-state index contributed by atoms with van der Waals surface area (Å²) in [5.41, 5.74) is 8.88. The van der Waals surface area contributed by atoms with Crippen LogP contribution in [-0.4, -0.2) is 0 Å². The fourth-order valence-electron chi connectivity index (χ4n) is 1.60. The number of para-hydroxylation sites is 1. The summed E-state index contributed by atoms with van der Waals surface area (Å²) >= 11 is 0. The first-order chi connectivity index (χ1) is 8.86. The largest absolute Gasteiger partial charge is 0.398 e. The molecule has 0 heterocycles. The first kappa shape index (κ1) is 12.0. The molecule has 2 rings (SSSR count). The molecule has 0 saturated heterocycles. The van der Waals surface area contributed by atoms with E-state index in [1.165, 1.54) is 0 Å². The Hall–Kier alpha value is -2.46. The monoisotopic (exact) mass is 233 g/mol. The molecule has 88 valence electrons. The van der Waals surface area contributed by atoms with Crippen molar-refractivity contribution in [3.05, 3.63) is 71.8 Å². The van der Waals surface area contributed by atoms with Crippen LogP contribution in [0, 0.1) is 11.8 Å². The zero-order valence-corrected chi connectivity index (χ0v) is 10.1.